The van der Waals surface area contributed by atoms with Crippen LogP contribution < -0.4 is 26.6 Å². The molecule has 1 aliphatic rings. The lowest BCUT2D eigenvalue weighted by molar-refractivity contribution is -0.142. The van der Waals surface area contributed by atoms with Gasteiger partial charge in [0, 0.05) is 65.5 Å². The standard InChI is InChI=1S/C52H69BrClN7O9S/c1-50(2,3)68-47(65)55-25-14-13-20-39-46(64)60(10)41(28-34-31-61(49(67)70-52(7,8)9)40-22-12-11-18-36(34)40)45(63)58-29-32-17-15-19-37(54)43(32)71-42-24-23-35(53)27-33(42)30-57-38(44(62)59-39)21-16-26-56-48(66)69-51(4,5)6/h11-12,15,17-19,22-24,27,31,38-39,41,57H,13-14,16,20-21,25-26,28-30H2,1-10H3,(H,55,65)(H,56,66)(H,58,63)(H,59,62)/t38-,39-,41-/m0/s1. The molecule has 4 aromatic rings. The van der Waals surface area contributed by atoms with E-state index in [0.717, 1.165) is 20.5 Å². The van der Waals surface area contributed by atoms with E-state index >= 15 is 4.79 Å². The van der Waals surface area contributed by atoms with Gasteiger partial charge in [0.25, 0.3) is 0 Å². The van der Waals surface area contributed by atoms with E-state index in [1.807, 2.05) is 42.5 Å². The van der Waals surface area contributed by atoms with Crippen LogP contribution in [-0.4, -0.2) is 101 Å². The summed E-state index contributed by atoms with van der Waals surface area (Å²) < 4.78 is 18.8. The molecule has 71 heavy (non-hydrogen) atoms. The zero-order valence-electron chi connectivity index (χ0n) is 42.4. The Balaban J connectivity index is 1.56. The molecule has 0 bridgehead atoms. The number of nitrogens with one attached hydrogen (secondary N) is 5. The van der Waals surface area contributed by atoms with Crippen molar-refractivity contribution >= 4 is 86.2 Å². The zero-order chi connectivity index (χ0) is 52.3. The average Bonchev–Trinajstić information content (AvgIpc) is 3.64. The molecule has 0 radical (unpaired) electrons. The second-order valence-electron chi connectivity index (χ2n) is 20.5. The molecule has 0 fully saturated rings. The Kier molecular flexibility index (Phi) is 19.8. The van der Waals surface area contributed by atoms with Gasteiger partial charge in [-0.25, -0.2) is 14.4 Å². The van der Waals surface area contributed by atoms with E-state index in [2.05, 4.69) is 42.5 Å². The van der Waals surface area contributed by atoms with Crippen LogP contribution in [0.3, 0.4) is 0 Å². The number of aromatic nitrogens is 1. The first-order valence-corrected chi connectivity index (χ1v) is 25.8. The van der Waals surface area contributed by atoms with Crippen molar-refractivity contribution in [3.05, 3.63) is 93.0 Å². The molecule has 5 N–H and O–H groups in total. The molecule has 0 spiro atoms. The Hall–Kier alpha value is -5.30. The molecule has 3 aromatic carbocycles. The molecule has 2 heterocycles. The van der Waals surface area contributed by atoms with Gasteiger partial charge < -0.3 is 45.7 Å². The normalized spacial score (nSPS) is 17.5. The lowest BCUT2D eigenvalue weighted by Gasteiger charge is -2.32. The Morgan fingerprint density at radius 2 is 1.39 bits per heavy atom. The molecule has 0 saturated carbocycles. The number of para-hydroxylation sites is 1. The number of amides is 5. The summed E-state index contributed by atoms with van der Waals surface area (Å²) in [5, 5.41) is 16.2. The summed E-state index contributed by atoms with van der Waals surface area (Å²) in [5.41, 5.74) is 0.586. The molecule has 0 aliphatic carbocycles. The van der Waals surface area contributed by atoms with E-state index in [4.69, 9.17) is 25.8 Å². The largest absolute Gasteiger partial charge is 0.444 e. The maximum Gasteiger partial charge on any atom is 0.419 e. The fourth-order valence-corrected chi connectivity index (χ4v) is 9.54. The van der Waals surface area contributed by atoms with Crippen molar-refractivity contribution in [2.75, 3.05) is 20.1 Å². The van der Waals surface area contributed by atoms with E-state index in [1.165, 1.54) is 28.3 Å². The Morgan fingerprint density at radius 1 is 0.761 bits per heavy atom. The smallest absolute Gasteiger partial charge is 0.419 e. The predicted molar refractivity (Wildman–Crippen MR) is 280 cm³/mol. The number of ether oxygens (including phenoxy) is 3. The van der Waals surface area contributed by atoms with Gasteiger partial charge >= 0.3 is 18.3 Å². The minimum Gasteiger partial charge on any atom is -0.444 e. The van der Waals surface area contributed by atoms with Crippen LogP contribution in [-0.2, 0) is 48.1 Å². The van der Waals surface area contributed by atoms with Gasteiger partial charge in [0.1, 0.15) is 28.9 Å². The molecular weight excluding hydrogens is 1010 g/mol. The summed E-state index contributed by atoms with van der Waals surface area (Å²) in [7, 11) is 1.53. The number of fused-ring (bicyclic) bond motifs is 3. The summed E-state index contributed by atoms with van der Waals surface area (Å²) in [6.45, 7) is 16.7. The fraction of sp³-hybridized carbons (Fsp3) is 0.500. The summed E-state index contributed by atoms with van der Waals surface area (Å²) in [6, 6.07) is 15.4. The maximum atomic E-state index is 15.1. The second kappa shape index (κ2) is 24.9. The molecular formula is C52H69BrClN7O9S. The van der Waals surface area contributed by atoms with Crippen molar-refractivity contribution in [1.29, 1.82) is 0 Å². The highest BCUT2D eigenvalue weighted by Gasteiger charge is 2.35. The average molecular weight is 1080 g/mol. The van der Waals surface area contributed by atoms with Gasteiger partial charge in [-0.1, -0.05) is 69.6 Å². The van der Waals surface area contributed by atoms with Gasteiger partial charge in [0.15, 0.2) is 0 Å². The van der Waals surface area contributed by atoms with Crippen LogP contribution in [0.1, 0.15) is 111 Å². The molecule has 386 valence electrons. The van der Waals surface area contributed by atoms with Crippen molar-refractivity contribution in [1.82, 2.24) is 36.1 Å². The van der Waals surface area contributed by atoms with E-state index < -0.39 is 70.9 Å². The quantitative estimate of drug-likeness (QED) is 0.0708. The van der Waals surface area contributed by atoms with Crippen LogP contribution >= 0.6 is 39.3 Å². The van der Waals surface area contributed by atoms with Gasteiger partial charge in [-0.2, -0.15) is 0 Å². The fourth-order valence-electron chi connectivity index (χ4n) is 7.77. The number of rotatable bonds is 11. The van der Waals surface area contributed by atoms with E-state index in [0.29, 0.717) is 45.6 Å². The highest BCUT2D eigenvalue weighted by molar-refractivity contribution is 9.10. The molecule has 5 amide bonds. The third kappa shape index (κ3) is 17.5. The van der Waals surface area contributed by atoms with Gasteiger partial charge in [-0.05, 0) is 141 Å². The number of hydrogen-bond donors (Lipinski definition) is 5. The summed E-state index contributed by atoms with van der Waals surface area (Å²) in [6.07, 6.45) is 1.50. The van der Waals surface area contributed by atoms with Gasteiger partial charge in [-0.15, -0.1) is 0 Å². The van der Waals surface area contributed by atoms with Crippen molar-refractivity contribution in [2.24, 2.45) is 0 Å². The molecule has 5 rings (SSSR count). The minimum absolute atomic E-state index is 0.0148. The minimum atomic E-state index is -1.15. The highest BCUT2D eigenvalue weighted by Crippen LogP contribution is 2.39. The van der Waals surface area contributed by atoms with Crippen LogP contribution in [0.5, 0.6) is 0 Å². The zero-order valence-corrected chi connectivity index (χ0v) is 45.5. The first kappa shape index (κ1) is 56.6. The van der Waals surface area contributed by atoms with Crippen molar-refractivity contribution in [3.63, 3.8) is 0 Å². The van der Waals surface area contributed by atoms with Crippen LogP contribution in [0.15, 0.2) is 81.1 Å². The Bertz CT molecular complexity index is 2550. The molecule has 0 unspecified atom stereocenters. The Labute approximate surface area is 434 Å². The van der Waals surface area contributed by atoms with Gasteiger partial charge in [-0.3, -0.25) is 19.0 Å². The SMILES string of the molecule is CN1C(=O)[C@H](CCCCNC(=O)OC(C)(C)C)NC(=O)[C@H](CCCNC(=O)OC(C)(C)C)NCc2cc(Br)ccc2Sc2c(Cl)cccc2CNC(=O)[C@@H]1Cc1cn(C(=O)OC(C)(C)C)c2ccccc12. The van der Waals surface area contributed by atoms with Gasteiger partial charge in [0.2, 0.25) is 17.7 Å². The highest BCUT2D eigenvalue weighted by atomic mass is 79.9. The number of alkyl carbamates (subject to hydrolysis) is 2. The predicted octanol–water partition coefficient (Wildman–Crippen LogP) is 9.63. The third-order valence-electron chi connectivity index (χ3n) is 11.0. The van der Waals surface area contributed by atoms with Crippen LogP contribution in [0.25, 0.3) is 10.9 Å². The van der Waals surface area contributed by atoms with Gasteiger partial charge in [0.05, 0.1) is 16.6 Å². The number of halogens is 2. The number of hydrogen-bond acceptors (Lipinski definition) is 11. The van der Waals surface area contributed by atoms with Crippen molar-refractivity contribution < 1.29 is 43.0 Å². The van der Waals surface area contributed by atoms with Crippen LogP contribution in [0.2, 0.25) is 5.02 Å². The van der Waals surface area contributed by atoms with E-state index in [9.17, 15) is 24.0 Å². The number of carbonyl (C=O) groups is 6. The lowest BCUT2D eigenvalue weighted by Crippen LogP contribution is -2.57. The first-order chi connectivity index (χ1) is 33.3. The number of unbranched alkanes of at least 4 members (excludes halogenated alkanes) is 1. The van der Waals surface area contributed by atoms with E-state index in [-0.39, 0.29) is 45.4 Å². The molecule has 1 aliphatic heterocycles. The topological polar surface area (TPSA) is 198 Å². The number of benzene rings is 3. The second-order valence-corrected chi connectivity index (χ2v) is 22.9. The van der Waals surface area contributed by atoms with Crippen LogP contribution in [0, 0.1) is 0 Å². The number of nitrogens with zero attached hydrogens (tertiary/aromatic N) is 2. The third-order valence-corrected chi connectivity index (χ3v) is 13.3. The summed E-state index contributed by atoms with van der Waals surface area (Å²) in [4.78, 5) is 86.1. The molecule has 16 nitrogen and oxygen atoms in total. The molecule has 3 atom stereocenters. The number of likely N-dealkylation sites (N-methyl/N-ethyl adjacent to an activating group) is 1. The first-order valence-electron chi connectivity index (χ1n) is 23.9. The lowest BCUT2D eigenvalue weighted by atomic mass is 10.0. The monoisotopic (exact) mass is 1080 g/mol. The molecule has 1 aromatic heterocycles. The summed E-state index contributed by atoms with van der Waals surface area (Å²) >= 11 is 12.0. The number of carbonyl (C=O) groups excluding carboxylic acids is 6. The van der Waals surface area contributed by atoms with Crippen molar-refractivity contribution in [3.8, 4) is 0 Å². The van der Waals surface area contributed by atoms with Crippen molar-refractivity contribution in [2.45, 2.75) is 159 Å². The maximum absolute atomic E-state index is 15.1. The van der Waals surface area contributed by atoms with Crippen LogP contribution in [0.4, 0.5) is 14.4 Å². The molecule has 19 heteroatoms. The Morgan fingerprint density at radius 3 is 2.06 bits per heavy atom. The summed E-state index contributed by atoms with van der Waals surface area (Å²) in [5.74, 6) is -1.48. The van der Waals surface area contributed by atoms with E-state index in [1.54, 1.807) is 86.7 Å². The molecule has 0 saturated heterocycles.